The lowest BCUT2D eigenvalue weighted by molar-refractivity contribution is -0.141. The van der Waals surface area contributed by atoms with Crippen molar-refractivity contribution in [1.82, 2.24) is 14.5 Å². The summed E-state index contributed by atoms with van der Waals surface area (Å²) < 4.78 is 40.9. The molecule has 0 atom stereocenters. The monoisotopic (exact) mass is 397 g/mol. The van der Waals surface area contributed by atoms with Gasteiger partial charge in [-0.1, -0.05) is 18.2 Å². The number of anilines is 3. The summed E-state index contributed by atoms with van der Waals surface area (Å²) in [6, 6.07) is 15.0. The van der Waals surface area contributed by atoms with E-state index >= 15 is 0 Å². The summed E-state index contributed by atoms with van der Waals surface area (Å²) in [5.41, 5.74) is 5.21. The van der Waals surface area contributed by atoms with Crippen LogP contribution in [0.15, 0.2) is 71.7 Å². The van der Waals surface area contributed by atoms with Crippen molar-refractivity contribution in [3.8, 4) is 5.69 Å². The number of nitrogens with zero attached hydrogens (tertiary/aromatic N) is 3. The van der Waals surface area contributed by atoms with Crippen LogP contribution in [0.5, 0.6) is 0 Å². The summed E-state index contributed by atoms with van der Waals surface area (Å²) >= 11 is 0. The minimum atomic E-state index is -4.64. The van der Waals surface area contributed by atoms with E-state index in [0.29, 0.717) is 22.4 Å². The van der Waals surface area contributed by atoms with Crippen LogP contribution in [0.1, 0.15) is 5.69 Å². The molecule has 0 fully saturated rings. The quantitative estimate of drug-likeness (QED) is 0.543. The molecule has 0 aliphatic rings. The zero-order valence-electron chi connectivity index (χ0n) is 14.8. The van der Waals surface area contributed by atoms with Gasteiger partial charge < -0.3 is 11.1 Å². The number of hydrogen-bond donors (Lipinski definition) is 2. The van der Waals surface area contributed by atoms with Gasteiger partial charge in [-0.25, -0.2) is 9.97 Å². The maximum Gasteiger partial charge on any atom is 0.433 e. The van der Waals surface area contributed by atoms with Gasteiger partial charge in [0.2, 0.25) is 0 Å². The van der Waals surface area contributed by atoms with Crippen molar-refractivity contribution in [2.75, 3.05) is 11.1 Å². The van der Waals surface area contributed by atoms with Crippen LogP contribution in [0.4, 0.5) is 30.4 Å². The Balaban J connectivity index is 1.99. The Morgan fingerprint density at radius 2 is 1.76 bits per heavy atom. The molecule has 0 aliphatic carbocycles. The van der Waals surface area contributed by atoms with Gasteiger partial charge in [0.1, 0.15) is 17.2 Å². The summed E-state index contributed by atoms with van der Waals surface area (Å²) in [4.78, 5) is 20.5. The minimum absolute atomic E-state index is 0.108. The van der Waals surface area contributed by atoms with Gasteiger partial charge in [0.05, 0.1) is 11.4 Å². The summed E-state index contributed by atoms with van der Waals surface area (Å²) in [6.45, 7) is 0. The molecule has 0 spiro atoms. The first-order valence-corrected chi connectivity index (χ1v) is 8.51. The lowest BCUT2D eigenvalue weighted by atomic mass is 10.2. The van der Waals surface area contributed by atoms with Crippen LogP contribution in [0.2, 0.25) is 0 Å². The number of pyridine rings is 3. The number of nitrogens with one attached hydrogen (secondary N) is 1. The van der Waals surface area contributed by atoms with Crippen LogP contribution in [-0.2, 0) is 6.18 Å². The zero-order valence-corrected chi connectivity index (χ0v) is 14.8. The molecule has 0 bridgehead atoms. The molecule has 9 heteroatoms. The van der Waals surface area contributed by atoms with Gasteiger partial charge in [0.15, 0.2) is 0 Å². The highest BCUT2D eigenvalue weighted by Crippen LogP contribution is 2.32. The molecule has 4 aromatic rings. The van der Waals surface area contributed by atoms with E-state index < -0.39 is 17.4 Å². The van der Waals surface area contributed by atoms with Crippen molar-refractivity contribution in [2.45, 2.75) is 6.18 Å². The molecule has 3 aromatic heterocycles. The van der Waals surface area contributed by atoms with E-state index in [2.05, 4.69) is 15.3 Å². The van der Waals surface area contributed by atoms with Crippen molar-refractivity contribution >= 4 is 28.2 Å². The number of alkyl halides is 3. The van der Waals surface area contributed by atoms with Crippen molar-refractivity contribution in [2.24, 2.45) is 0 Å². The molecule has 3 heterocycles. The molecule has 6 nitrogen and oxygen atoms in total. The van der Waals surface area contributed by atoms with E-state index in [4.69, 9.17) is 5.73 Å². The largest absolute Gasteiger partial charge is 0.433 e. The summed E-state index contributed by atoms with van der Waals surface area (Å²) in [7, 11) is 0. The zero-order chi connectivity index (χ0) is 20.6. The Morgan fingerprint density at radius 1 is 1.00 bits per heavy atom. The molecular formula is C20H14F3N5O. The summed E-state index contributed by atoms with van der Waals surface area (Å²) in [5, 5.41) is 3.36. The van der Waals surface area contributed by atoms with Crippen LogP contribution < -0.4 is 16.6 Å². The van der Waals surface area contributed by atoms with Gasteiger partial charge in [-0.3, -0.25) is 9.36 Å². The number of hydrogen-bond acceptors (Lipinski definition) is 5. The average molecular weight is 397 g/mol. The third-order valence-corrected chi connectivity index (χ3v) is 4.23. The Kier molecular flexibility index (Phi) is 4.42. The number of aromatic nitrogens is 3. The SMILES string of the molecule is Nc1cc(Nc2cc(=O)n(-c3ccccc3)c3nc(C(F)(F)F)ccc23)ccn1. The summed E-state index contributed by atoms with van der Waals surface area (Å²) in [6.07, 6.45) is -3.17. The van der Waals surface area contributed by atoms with Crippen LogP contribution >= 0.6 is 0 Å². The molecular weight excluding hydrogens is 383 g/mol. The number of rotatable bonds is 3. The molecule has 29 heavy (non-hydrogen) atoms. The molecule has 146 valence electrons. The lowest BCUT2D eigenvalue weighted by Crippen LogP contribution is -2.21. The molecule has 0 saturated carbocycles. The highest BCUT2D eigenvalue weighted by molar-refractivity contribution is 5.92. The number of fused-ring (bicyclic) bond motifs is 1. The molecule has 0 radical (unpaired) electrons. The minimum Gasteiger partial charge on any atom is -0.384 e. The number of nitrogen functional groups attached to an aromatic ring is 1. The van der Waals surface area contributed by atoms with Gasteiger partial charge in [0, 0.05) is 29.4 Å². The Labute approximate surface area is 162 Å². The Morgan fingerprint density at radius 3 is 2.45 bits per heavy atom. The van der Waals surface area contributed by atoms with Crippen LogP contribution in [0.3, 0.4) is 0 Å². The highest BCUT2D eigenvalue weighted by Gasteiger charge is 2.33. The normalized spacial score (nSPS) is 11.6. The maximum atomic E-state index is 13.3. The third kappa shape index (κ3) is 3.62. The first-order valence-electron chi connectivity index (χ1n) is 8.51. The number of para-hydroxylation sites is 1. The first kappa shape index (κ1) is 18.5. The van der Waals surface area contributed by atoms with Crippen molar-refractivity contribution in [3.05, 3.63) is 82.9 Å². The average Bonchev–Trinajstić information content (AvgIpc) is 2.67. The van der Waals surface area contributed by atoms with Crippen LogP contribution in [-0.4, -0.2) is 14.5 Å². The smallest absolute Gasteiger partial charge is 0.384 e. The molecule has 1 aromatic carbocycles. The molecule has 0 unspecified atom stereocenters. The fourth-order valence-electron chi connectivity index (χ4n) is 2.97. The van der Waals surface area contributed by atoms with E-state index in [1.165, 1.54) is 18.3 Å². The molecule has 0 saturated heterocycles. The number of nitrogens with two attached hydrogens (primary N) is 1. The molecule has 0 amide bonds. The standard InChI is InChI=1S/C20H14F3N5O/c21-20(22,23)16-7-6-14-15(26-12-8-9-25-17(24)10-12)11-18(29)28(19(14)27-16)13-4-2-1-3-5-13/h1-11H,(H3,24,25,26). The van der Waals surface area contributed by atoms with E-state index in [0.717, 1.165) is 10.6 Å². The Hall–Kier alpha value is -3.88. The van der Waals surface area contributed by atoms with Gasteiger partial charge in [0.25, 0.3) is 5.56 Å². The van der Waals surface area contributed by atoms with Crippen LogP contribution in [0, 0.1) is 0 Å². The third-order valence-electron chi connectivity index (χ3n) is 4.23. The Bertz CT molecular complexity index is 1250. The number of benzene rings is 1. The highest BCUT2D eigenvalue weighted by atomic mass is 19.4. The van der Waals surface area contributed by atoms with E-state index in [9.17, 15) is 18.0 Å². The van der Waals surface area contributed by atoms with Crippen molar-refractivity contribution < 1.29 is 13.2 Å². The van der Waals surface area contributed by atoms with Crippen molar-refractivity contribution in [1.29, 1.82) is 0 Å². The fraction of sp³-hybridized carbons (Fsp3) is 0.0500. The van der Waals surface area contributed by atoms with Gasteiger partial charge >= 0.3 is 6.18 Å². The second kappa shape index (κ2) is 6.93. The van der Waals surface area contributed by atoms with Gasteiger partial charge in [-0.15, -0.1) is 0 Å². The predicted octanol–water partition coefficient (Wildman–Crippen LogP) is 4.13. The van der Waals surface area contributed by atoms with Crippen molar-refractivity contribution in [3.63, 3.8) is 0 Å². The maximum absolute atomic E-state index is 13.3. The van der Waals surface area contributed by atoms with E-state index in [-0.39, 0.29) is 11.5 Å². The second-order valence-electron chi connectivity index (χ2n) is 6.23. The van der Waals surface area contributed by atoms with Crippen LogP contribution in [0.25, 0.3) is 16.7 Å². The van der Waals surface area contributed by atoms with Gasteiger partial charge in [-0.2, -0.15) is 13.2 Å². The van der Waals surface area contributed by atoms with E-state index in [1.807, 2.05) is 0 Å². The summed E-state index contributed by atoms with van der Waals surface area (Å²) in [5.74, 6) is 0.259. The number of halogens is 3. The molecule has 0 aliphatic heterocycles. The lowest BCUT2D eigenvalue weighted by Gasteiger charge is -2.16. The van der Waals surface area contributed by atoms with E-state index in [1.54, 1.807) is 42.5 Å². The second-order valence-corrected chi connectivity index (χ2v) is 6.23. The fourth-order valence-corrected chi connectivity index (χ4v) is 2.97. The first-order chi connectivity index (χ1) is 13.8. The molecule has 4 rings (SSSR count). The topological polar surface area (TPSA) is 85.8 Å². The predicted molar refractivity (Wildman–Crippen MR) is 104 cm³/mol. The molecule has 3 N–H and O–H groups in total. The van der Waals surface area contributed by atoms with Gasteiger partial charge in [-0.05, 0) is 30.3 Å².